The highest BCUT2D eigenvalue weighted by Gasteiger charge is 2.18. The Morgan fingerprint density at radius 1 is 1.10 bits per heavy atom. The molecule has 2 aromatic carbocycles. The van der Waals surface area contributed by atoms with Gasteiger partial charge in [-0.1, -0.05) is 47.5 Å². The molecule has 2 rings (SSSR count). The average Bonchev–Trinajstić information content (AvgIpc) is 2.44. The highest BCUT2D eigenvalue weighted by molar-refractivity contribution is 6.31. The van der Waals surface area contributed by atoms with Gasteiger partial charge in [-0.3, -0.25) is 0 Å². The molecule has 0 aliphatic carbocycles. The molecule has 0 saturated heterocycles. The number of nitrogens with one attached hydrogen (secondary N) is 1. The van der Waals surface area contributed by atoms with Crippen LogP contribution in [0.1, 0.15) is 17.2 Å². The molecular formula is C15H13Cl2F2N. The molecule has 0 fully saturated rings. The summed E-state index contributed by atoms with van der Waals surface area (Å²) in [6.07, 6.45) is 0.325. The second-order valence-corrected chi connectivity index (χ2v) is 5.19. The van der Waals surface area contributed by atoms with Crippen molar-refractivity contribution in [1.82, 2.24) is 5.32 Å². The van der Waals surface area contributed by atoms with Crippen LogP contribution in [0.15, 0.2) is 36.4 Å². The maximum absolute atomic E-state index is 13.9. The fourth-order valence-corrected chi connectivity index (χ4v) is 2.53. The lowest BCUT2D eigenvalue weighted by molar-refractivity contribution is 0.549. The number of hydrogen-bond acceptors (Lipinski definition) is 1. The summed E-state index contributed by atoms with van der Waals surface area (Å²) in [5, 5.41) is 3.14. The zero-order chi connectivity index (χ0) is 14.7. The summed E-state index contributed by atoms with van der Waals surface area (Å²) in [5.41, 5.74) is 1.05. The molecule has 0 saturated carbocycles. The number of halogens is 4. The van der Waals surface area contributed by atoms with Crippen LogP contribution in [0.3, 0.4) is 0 Å². The number of rotatable bonds is 4. The highest BCUT2D eigenvalue weighted by atomic mass is 35.5. The molecule has 0 aliphatic heterocycles. The van der Waals surface area contributed by atoms with E-state index in [2.05, 4.69) is 5.32 Å². The molecule has 0 bridgehead atoms. The van der Waals surface area contributed by atoms with Crippen LogP contribution < -0.4 is 5.32 Å². The van der Waals surface area contributed by atoms with Crippen molar-refractivity contribution >= 4 is 23.2 Å². The minimum Gasteiger partial charge on any atom is -0.313 e. The molecule has 5 heteroatoms. The summed E-state index contributed by atoms with van der Waals surface area (Å²) in [7, 11) is 1.72. The quantitative estimate of drug-likeness (QED) is 0.856. The molecule has 0 aliphatic rings. The monoisotopic (exact) mass is 315 g/mol. The molecule has 20 heavy (non-hydrogen) atoms. The minimum absolute atomic E-state index is 0.0503. The van der Waals surface area contributed by atoms with E-state index in [1.54, 1.807) is 31.3 Å². The Balaban J connectivity index is 2.34. The molecule has 0 radical (unpaired) electrons. The van der Waals surface area contributed by atoms with Crippen LogP contribution in [-0.2, 0) is 6.42 Å². The smallest absolute Gasteiger partial charge is 0.145 e. The molecule has 1 nitrogen and oxygen atoms in total. The Morgan fingerprint density at radius 3 is 2.50 bits per heavy atom. The normalized spacial score (nSPS) is 12.4. The standard InChI is InChI=1S/C15H13Cl2F2N/c1-20-13(10-5-3-7-12(18)14(10)17)8-9-4-2-6-11(16)15(9)19/h2-7,13,20H,8H2,1H3. The van der Waals surface area contributed by atoms with E-state index in [-0.39, 0.29) is 16.1 Å². The Bertz CT molecular complexity index is 617. The fraction of sp³-hybridized carbons (Fsp3) is 0.200. The predicted molar refractivity (Wildman–Crippen MR) is 78.3 cm³/mol. The molecule has 2 aromatic rings. The van der Waals surface area contributed by atoms with Crippen LogP contribution in [0.25, 0.3) is 0 Å². The maximum Gasteiger partial charge on any atom is 0.145 e. The Morgan fingerprint density at radius 2 is 1.80 bits per heavy atom. The van der Waals surface area contributed by atoms with Crippen molar-refractivity contribution in [3.05, 3.63) is 69.2 Å². The molecule has 0 amide bonds. The van der Waals surface area contributed by atoms with Crippen LogP contribution in [0.2, 0.25) is 10.0 Å². The molecule has 106 valence electrons. The third-order valence-corrected chi connectivity index (χ3v) is 3.85. The summed E-state index contributed by atoms with van der Waals surface area (Å²) in [5.74, 6) is -0.946. The Kier molecular flexibility index (Phi) is 4.97. The van der Waals surface area contributed by atoms with Crippen LogP contribution in [0, 0.1) is 11.6 Å². The summed E-state index contributed by atoms with van der Waals surface area (Å²) in [4.78, 5) is 0. The van der Waals surface area contributed by atoms with E-state index in [1.165, 1.54) is 12.1 Å². The SMILES string of the molecule is CNC(Cc1cccc(Cl)c1F)c1cccc(F)c1Cl. The summed E-state index contributed by atoms with van der Waals surface area (Å²) >= 11 is 11.7. The van der Waals surface area contributed by atoms with Crippen molar-refractivity contribution in [2.45, 2.75) is 12.5 Å². The minimum atomic E-state index is -0.490. The molecular weight excluding hydrogens is 303 g/mol. The largest absolute Gasteiger partial charge is 0.313 e. The zero-order valence-electron chi connectivity index (χ0n) is 10.8. The molecule has 0 heterocycles. The van der Waals surface area contributed by atoms with E-state index in [9.17, 15) is 8.78 Å². The third kappa shape index (κ3) is 3.11. The van der Waals surface area contributed by atoms with Crippen molar-refractivity contribution < 1.29 is 8.78 Å². The maximum atomic E-state index is 13.9. The fourth-order valence-electron chi connectivity index (χ4n) is 2.08. The number of likely N-dealkylation sites (N-methyl/N-ethyl adjacent to an activating group) is 1. The lowest BCUT2D eigenvalue weighted by Crippen LogP contribution is -2.20. The van der Waals surface area contributed by atoms with Crippen molar-refractivity contribution in [2.75, 3.05) is 7.05 Å². The zero-order valence-corrected chi connectivity index (χ0v) is 12.3. The van der Waals surface area contributed by atoms with E-state index < -0.39 is 11.6 Å². The first-order valence-corrected chi connectivity index (χ1v) is 6.84. The van der Waals surface area contributed by atoms with E-state index in [0.717, 1.165) is 0 Å². The van der Waals surface area contributed by atoms with E-state index in [4.69, 9.17) is 23.2 Å². The molecule has 0 spiro atoms. The van der Waals surface area contributed by atoms with Crippen molar-refractivity contribution in [3.8, 4) is 0 Å². The van der Waals surface area contributed by atoms with Gasteiger partial charge in [-0.2, -0.15) is 0 Å². The first kappa shape index (κ1) is 15.2. The van der Waals surface area contributed by atoms with Crippen LogP contribution in [0.5, 0.6) is 0 Å². The number of hydrogen-bond donors (Lipinski definition) is 1. The van der Waals surface area contributed by atoms with Crippen LogP contribution in [-0.4, -0.2) is 7.05 Å². The van der Waals surface area contributed by atoms with Crippen molar-refractivity contribution in [3.63, 3.8) is 0 Å². The van der Waals surface area contributed by atoms with Crippen molar-refractivity contribution in [2.24, 2.45) is 0 Å². The summed E-state index contributed by atoms with van der Waals surface area (Å²) in [6, 6.07) is 9.11. The van der Waals surface area contributed by atoms with E-state index >= 15 is 0 Å². The van der Waals surface area contributed by atoms with Gasteiger partial charge in [0.15, 0.2) is 0 Å². The third-order valence-electron chi connectivity index (χ3n) is 3.16. The van der Waals surface area contributed by atoms with Crippen molar-refractivity contribution in [1.29, 1.82) is 0 Å². The van der Waals surface area contributed by atoms with Gasteiger partial charge in [-0.25, -0.2) is 8.78 Å². The molecule has 1 N–H and O–H groups in total. The van der Waals surface area contributed by atoms with E-state index in [0.29, 0.717) is 17.5 Å². The van der Waals surface area contributed by atoms with Crippen LogP contribution >= 0.6 is 23.2 Å². The predicted octanol–water partition coefficient (Wildman–Crippen LogP) is 4.77. The molecule has 1 atom stereocenters. The van der Waals surface area contributed by atoms with Gasteiger partial charge in [-0.15, -0.1) is 0 Å². The van der Waals surface area contributed by atoms with Gasteiger partial charge in [0.05, 0.1) is 10.0 Å². The lowest BCUT2D eigenvalue weighted by Gasteiger charge is -2.19. The first-order chi connectivity index (χ1) is 9.54. The second-order valence-electron chi connectivity index (χ2n) is 4.40. The second kappa shape index (κ2) is 6.53. The van der Waals surface area contributed by atoms with Gasteiger partial charge < -0.3 is 5.32 Å². The molecule has 0 aromatic heterocycles. The topological polar surface area (TPSA) is 12.0 Å². The van der Waals surface area contributed by atoms with Gasteiger partial charge >= 0.3 is 0 Å². The van der Waals surface area contributed by atoms with Gasteiger partial charge in [0.1, 0.15) is 11.6 Å². The van der Waals surface area contributed by atoms with Gasteiger partial charge in [0.2, 0.25) is 0 Å². The first-order valence-electron chi connectivity index (χ1n) is 6.08. The summed E-state index contributed by atoms with van der Waals surface area (Å²) < 4.78 is 27.4. The van der Waals surface area contributed by atoms with Crippen LogP contribution in [0.4, 0.5) is 8.78 Å². The lowest BCUT2D eigenvalue weighted by atomic mass is 9.98. The summed E-state index contributed by atoms with van der Waals surface area (Å²) in [6.45, 7) is 0. The number of benzene rings is 2. The highest BCUT2D eigenvalue weighted by Crippen LogP contribution is 2.29. The average molecular weight is 316 g/mol. The Hall–Kier alpha value is -1.16. The van der Waals surface area contributed by atoms with Gasteiger partial charge in [0.25, 0.3) is 0 Å². The van der Waals surface area contributed by atoms with Gasteiger partial charge in [-0.05, 0) is 36.7 Å². The van der Waals surface area contributed by atoms with E-state index in [1.807, 2.05) is 0 Å². The van der Waals surface area contributed by atoms with Gasteiger partial charge in [0, 0.05) is 6.04 Å². The molecule has 1 unspecified atom stereocenters. The Labute approximate surface area is 126 Å².